The molecule has 0 bridgehead atoms. The maximum absolute atomic E-state index is 12.4. The van der Waals surface area contributed by atoms with Crippen molar-refractivity contribution in [1.29, 1.82) is 0 Å². The topological polar surface area (TPSA) is 41.6 Å². The van der Waals surface area contributed by atoms with E-state index in [9.17, 15) is 4.79 Å². The zero-order valence-corrected chi connectivity index (χ0v) is 12.9. The number of amides is 2. The standard InChI is InChI=1S/C18H20N2O2/c1-3-12-19-18(21)20(2)17-13-8-4-6-10-15(13)22-16-11-7-5-9-14(16)17/h4-11,17H,3,12H2,1-2H3,(H,19,21). The highest BCUT2D eigenvalue weighted by atomic mass is 16.5. The van der Waals surface area contributed by atoms with E-state index in [1.54, 1.807) is 4.90 Å². The van der Waals surface area contributed by atoms with E-state index in [-0.39, 0.29) is 12.1 Å². The summed E-state index contributed by atoms with van der Waals surface area (Å²) in [4.78, 5) is 14.1. The van der Waals surface area contributed by atoms with E-state index in [2.05, 4.69) is 5.32 Å². The van der Waals surface area contributed by atoms with Gasteiger partial charge in [-0.15, -0.1) is 0 Å². The predicted octanol–water partition coefficient (Wildman–Crippen LogP) is 3.93. The first-order valence-electron chi connectivity index (χ1n) is 7.58. The summed E-state index contributed by atoms with van der Waals surface area (Å²) in [5, 5.41) is 2.94. The summed E-state index contributed by atoms with van der Waals surface area (Å²) in [7, 11) is 1.83. The Morgan fingerprint density at radius 1 is 1.09 bits per heavy atom. The second-order valence-corrected chi connectivity index (χ2v) is 5.42. The van der Waals surface area contributed by atoms with Crippen LogP contribution in [0.2, 0.25) is 0 Å². The van der Waals surface area contributed by atoms with Crippen LogP contribution in [0.25, 0.3) is 0 Å². The van der Waals surface area contributed by atoms with Crippen LogP contribution in [0.1, 0.15) is 30.5 Å². The van der Waals surface area contributed by atoms with E-state index in [0.29, 0.717) is 6.54 Å². The summed E-state index contributed by atoms with van der Waals surface area (Å²) < 4.78 is 5.96. The molecule has 0 atom stereocenters. The van der Waals surface area contributed by atoms with E-state index in [1.807, 2.05) is 62.5 Å². The highest BCUT2D eigenvalue weighted by Crippen LogP contribution is 2.44. The van der Waals surface area contributed by atoms with E-state index >= 15 is 0 Å². The minimum atomic E-state index is -0.141. The van der Waals surface area contributed by atoms with Gasteiger partial charge in [0, 0.05) is 24.7 Å². The van der Waals surface area contributed by atoms with Gasteiger partial charge in [0.25, 0.3) is 0 Å². The largest absolute Gasteiger partial charge is 0.457 e. The Bertz CT molecular complexity index is 639. The van der Waals surface area contributed by atoms with Gasteiger partial charge in [0.05, 0.1) is 6.04 Å². The van der Waals surface area contributed by atoms with E-state index in [1.165, 1.54) is 0 Å². The average Bonchev–Trinajstić information content (AvgIpc) is 2.56. The van der Waals surface area contributed by atoms with E-state index < -0.39 is 0 Å². The van der Waals surface area contributed by atoms with Crippen molar-refractivity contribution in [1.82, 2.24) is 10.2 Å². The molecule has 3 rings (SSSR count). The normalized spacial score (nSPS) is 12.8. The lowest BCUT2D eigenvalue weighted by Gasteiger charge is -2.34. The molecule has 1 heterocycles. The number of benzene rings is 2. The minimum absolute atomic E-state index is 0.0710. The third-order valence-corrected chi connectivity index (χ3v) is 3.88. The number of carbonyl (C=O) groups is 1. The van der Waals surface area contributed by atoms with Crippen molar-refractivity contribution in [3.05, 3.63) is 59.7 Å². The molecule has 0 aromatic heterocycles. The van der Waals surface area contributed by atoms with Crippen molar-refractivity contribution in [3.8, 4) is 11.5 Å². The molecule has 0 saturated carbocycles. The molecule has 4 nitrogen and oxygen atoms in total. The summed E-state index contributed by atoms with van der Waals surface area (Å²) >= 11 is 0. The van der Waals surface area contributed by atoms with Crippen LogP contribution < -0.4 is 10.1 Å². The number of rotatable bonds is 3. The second-order valence-electron chi connectivity index (χ2n) is 5.42. The molecule has 4 heteroatoms. The lowest BCUT2D eigenvalue weighted by Crippen LogP contribution is -2.41. The van der Waals surface area contributed by atoms with E-state index in [4.69, 9.17) is 4.74 Å². The molecule has 1 N–H and O–H groups in total. The Kier molecular flexibility index (Phi) is 4.00. The van der Waals surface area contributed by atoms with Crippen molar-refractivity contribution in [2.75, 3.05) is 13.6 Å². The molecule has 0 aliphatic carbocycles. The summed E-state index contributed by atoms with van der Waals surface area (Å²) in [5.74, 6) is 1.61. The number of urea groups is 1. The molecule has 22 heavy (non-hydrogen) atoms. The van der Waals surface area contributed by atoms with Crippen LogP contribution in [-0.2, 0) is 0 Å². The number of carbonyl (C=O) groups excluding carboxylic acids is 1. The van der Waals surface area contributed by atoms with Gasteiger partial charge in [0.15, 0.2) is 0 Å². The van der Waals surface area contributed by atoms with Crippen molar-refractivity contribution >= 4 is 6.03 Å². The van der Waals surface area contributed by atoms with Gasteiger partial charge in [-0.25, -0.2) is 4.79 Å². The third-order valence-electron chi connectivity index (χ3n) is 3.88. The zero-order valence-electron chi connectivity index (χ0n) is 12.9. The maximum Gasteiger partial charge on any atom is 0.317 e. The van der Waals surface area contributed by atoms with Crippen molar-refractivity contribution in [3.63, 3.8) is 0 Å². The van der Waals surface area contributed by atoms with Gasteiger partial charge in [-0.3, -0.25) is 0 Å². The molecule has 0 unspecified atom stereocenters. The maximum atomic E-state index is 12.4. The second kappa shape index (κ2) is 6.10. The van der Waals surface area contributed by atoms with Gasteiger partial charge in [-0.2, -0.15) is 0 Å². The lowest BCUT2D eigenvalue weighted by molar-refractivity contribution is 0.195. The fourth-order valence-corrected chi connectivity index (χ4v) is 2.78. The summed E-state index contributed by atoms with van der Waals surface area (Å²) in [6.45, 7) is 2.72. The molecular weight excluding hydrogens is 276 g/mol. The van der Waals surface area contributed by atoms with Crippen molar-refractivity contribution in [2.45, 2.75) is 19.4 Å². The van der Waals surface area contributed by atoms with Crippen LogP contribution in [0.4, 0.5) is 4.79 Å². The van der Waals surface area contributed by atoms with Gasteiger partial charge in [0.2, 0.25) is 0 Å². The molecule has 2 aromatic rings. The van der Waals surface area contributed by atoms with Crippen LogP contribution in [-0.4, -0.2) is 24.5 Å². The Labute approximate surface area is 130 Å². The molecule has 0 fully saturated rings. The van der Waals surface area contributed by atoms with Crippen LogP contribution in [0.3, 0.4) is 0 Å². The lowest BCUT2D eigenvalue weighted by atomic mass is 9.93. The monoisotopic (exact) mass is 296 g/mol. The van der Waals surface area contributed by atoms with Crippen molar-refractivity contribution < 1.29 is 9.53 Å². The third kappa shape index (κ3) is 2.52. The zero-order chi connectivity index (χ0) is 15.5. The van der Waals surface area contributed by atoms with Gasteiger partial charge in [0.1, 0.15) is 11.5 Å². The predicted molar refractivity (Wildman–Crippen MR) is 86.3 cm³/mol. The van der Waals surface area contributed by atoms with Crippen LogP contribution in [0.5, 0.6) is 11.5 Å². The summed E-state index contributed by atoms with van der Waals surface area (Å²) in [6.07, 6.45) is 0.917. The first-order chi connectivity index (χ1) is 10.7. The smallest absolute Gasteiger partial charge is 0.317 e. The molecular formula is C18H20N2O2. The quantitative estimate of drug-likeness (QED) is 0.932. The number of nitrogens with zero attached hydrogens (tertiary/aromatic N) is 1. The average molecular weight is 296 g/mol. The van der Waals surface area contributed by atoms with E-state index in [0.717, 1.165) is 29.0 Å². The summed E-state index contributed by atoms with van der Waals surface area (Å²) in [5.41, 5.74) is 2.02. The van der Waals surface area contributed by atoms with Gasteiger partial charge >= 0.3 is 6.03 Å². The number of para-hydroxylation sites is 2. The summed E-state index contributed by atoms with van der Waals surface area (Å²) in [6, 6.07) is 15.5. The fraction of sp³-hybridized carbons (Fsp3) is 0.278. The van der Waals surface area contributed by atoms with Crippen LogP contribution in [0.15, 0.2) is 48.5 Å². The Morgan fingerprint density at radius 3 is 2.18 bits per heavy atom. The molecule has 114 valence electrons. The molecule has 0 spiro atoms. The van der Waals surface area contributed by atoms with Gasteiger partial charge in [-0.05, 0) is 18.6 Å². The number of fused-ring (bicyclic) bond motifs is 2. The Morgan fingerprint density at radius 2 is 1.64 bits per heavy atom. The number of nitrogens with one attached hydrogen (secondary N) is 1. The van der Waals surface area contributed by atoms with Gasteiger partial charge in [-0.1, -0.05) is 43.3 Å². The van der Waals surface area contributed by atoms with Crippen LogP contribution in [0, 0.1) is 0 Å². The first kappa shape index (κ1) is 14.4. The minimum Gasteiger partial charge on any atom is -0.457 e. The molecule has 1 aliphatic rings. The van der Waals surface area contributed by atoms with Crippen LogP contribution >= 0.6 is 0 Å². The molecule has 2 amide bonds. The SMILES string of the molecule is CCCNC(=O)N(C)C1c2ccccc2Oc2ccccc21. The molecule has 2 aromatic carbocycles. The molecule has 0 saturated heterocycles. The van der Waals surface area contributed by atoms with Crippen molar-refractivity contribution in [2.24, 2.45) is 0 Å². The highest BCUT2D eigenvalue weighted by Gasteiger charge is 2.31. The highest BCUT2D eigenvalue weighted by molar-refractivity contribution is 5.75. The number of hydrogen-bond donors (Lipinski definition) is 1. The Balaban J connectivity index is 2.01. The molecule has 1 aliphatic heterocycles. The Hall–Kier alpha value is -2.49. The molecule has 0 radical (unpaired) electrons. The number of ether oxygens (including phenoxy) is 1. The number of hydrogen-bond acceptors (Lipinski definition) is 2. The first-order valence-corrected chi connectivity index (χ1v) is 7.58. The fourth-order valence-electron chi connectivity index (χ4n) is 2.78. The van der Waals surface area contributed by atoms with Gasteiger partial charge < -0.3 is 15.0 Å².